The van der Waals surface area contributed by atoms with Gasteiger partial charge in [-0.3, -0.25) is 14.4 Å². The monoisotopic (exact) mass is 438 g/mol. The lowest BCUT2D eigenvalue weighted by Crippen LogP contribution is -2.53. The second kappa shape index (κ2) is 10.8. The Labute approximate surface area is 179 Å². The standard InChI is InChI=1S/C19H26N4O6S/c20-13(10-30)17(26)21-9-16(25)23-7-1-2-15(23)18(27)22-14(19(28)29)8-11-3-5-12(24)6-4-11/h3-6,13-15,24,30H,1-2,7-10,20H2,(H,21,26)(H,22,27)(H,28,29). The summed E-state index contributed by atoms with van der Waals surface area (Å²) in [7, 11) is 0. The molecule has 0 bridgehead atoms. The summed E-state index contributed by atoms with van der Waals surface area (Å²) in [5.41, 5.74) is 6.17. The number of carboxylic acid groups (broad SMARTS) is 1. The maximum atomic E-state index is 12.7. The van der Waals surface area contributed by atoms with Gasteiger partial charge in [-0.2, -0.15) is 12.6 Å². The SMILES string of the molecule is NC(CS)C(=O)NCC(=O)N1CCCC1C(=O)NC(Cc1ccc(O)cc1)C(=O)O. The first-order valence-electron chi connectivity index (χ1n) is 9.47. The van der Waals surface area contributed by atoms with E-state index in [4.69, 9.17) is 5.73 Å². The summed E-state index contributed by atoms with van der Waals surface area (Å²) in [6, 6.07) is 3.17. The molecule has 30 heavy (non-hydrogen) atoms. The fourth-order valence-corrected chi connectivity index (χ4v) is 3.32. The van der Waals surface area contributed by atoms with Crippen LogP contribution in [0.1, 0.15) is 18.4 Å². The number of carbonyl (C=O) groups excluding carboxylic acids is 3. The molecule has 0 aliphatic carbocycles. The Balaban J connectivity index is 1.97. The summed E-state index contributed by atoms with van der Waals surface area (Å²) in [5, 5.41) is 23.7. The molecule has 1 heterocycles. The van der Waals surface area contributed by atoms with E-state index < -0.39 is 41.8 Å². The number of nitrogens with zero attached hydrogens (tertiary/aromatic N) is 1. The van der Waals surface area contributed by atoms with E-state index in [1.807, 2.05) is 0 Å². The fourth-order valence-electron chi connectivity index (χ4n) is 3.15. The van der Waals surface area contributed by atoms with Gasteiger partial charge >= 0.3 is 5.97 Å². The van der Waals surface area contributed by atoms with Crippen LogP contribution >= 0.6 is 12.6 Å². The van der Waals surface area contributed by atoms with Crippen LogP contribution in [-0.2, 0) is 25.6 Å². The highest BCUT2D eigenvalue weighted by molar-refractivity contribution is 7.80. The largest absolute Gasteiger partial charge is 0.508 e. The molecule has 3 unspecified atom stereocenters. The van der Waals surface area contributed by atoms with Crippen LogP contribution in [0.4, 0.5) is 0 Å². The van der Waals surface area contributed by atoms with Crippen LogP contribution < -0.4 is 16.4 Å². The summed E-state index contributed by atoms with van der Waals surface area (Å²) in [4.78, 5) is 49.8. The van der Waals surface area contributed by atoms with Crippen molar-refractivity contribution in [2.75, 3.05) is 18.8 Å². The zero-order valence-corrected chi connectivity index (χ0v) is 17.2. The van der Waals surface area contributed by atoms with Crippen LogP contribution in [0.5, 0.6) is 5.75 Å². The number of benzene rings is 1. The molecule has 3 amide bonds. The molecule has 2 rings (SSSR count). The molecular weight excluding hydrogens is 412 g/mol. The van der Waals surface area contributed by atoms with Gasteiger partial charge in [0.15, 0.2) is 0 Å². The number of amides is 3. The maximum absolute atomic E-state index is 12.7. The van der Waals surface area contributed by atoms with Gasteiger partial charge in [0.2, 0.25) is 17.7 Å². The Morgan fingerprint density at radius 3 is 2.50 bits per heavy atom. The minimum Gasteiger partial charge on any atom is -0.508 e. The molecule has 1 aromatic rings. The normalized spacial score (nSPS) is 17.8. The van der Waals surface area contributed by atoms with E-state index in [0.717, 1.165) is 0 Å². The predicted octanol–water partition coefficient (Wildman–Crippen LogP) is -1.13. The van der Waals surface area contributed by atoms with Crippen LogP contribution in [0, 0.1) is 0 Å². The van der Waals surface area contributed by atoms with Gasteiger partial charge in [0, 0.05) is 18.7 Å². The van der Waals surface area contributed by atoms with Crippen LogP contribution in [0.2, 0.25) is 0 Å². The van der Waals surface area contributed by atoms with Crippen molar-refractivity contribution in [3.63, 3.8) is 0 Å². The van der Waals surface area contributed by atoms with Gasteiger partial charge in [-0.15, -0.1) is 0 Å². The summed E-state index contributed by atoms with van der Waals surface area (Å²) in [6.45, 7) is 0.0288. The third kappa shape index (κ3) is 6.36. The smallest absolute Gasteiger partial charge is 0.326 e. The maximum Gasteiger partial charge on any atom is 0.326 e. The van der Waals surface area contributed by atoms with Gasteiger partial charge in [-0.05, 0) is 30.5 Å². The third-order valence-electron chi connectivity index (χ3n) is 4.81. The summed E-state index contributed by atoms with van der Waals surface area (Å²) >= 11 is 3.92. The first kappa shape index (κ1) is 23.5. The van der Waals surface area contributed by atoms with E-state index in [9.17, 15) is 29.4 Å². The Bertz CT molecular complexity index is 788. The third-order valence-corrected chi connectivity index (χ3v) is 5.21. The topological polar surface area (TPSA) is 162 Å². The number of rotatable bonds is 9. The second-order valence-electron chi connectivity index (χ2n) is 7.02. The molecule has 0 saturated carbocycles. The van der Waals surface area contributed by atoms with Gasteiger partial charge in [0.1, 0.15) is 17.8 Å². The van der Waals surface area contributed by atoms with E-state index >= 15 is 0 Å². The molecule has 3 atom stereocenters. The minimum atomic E-state index is -1.21. The number of aliphatic carboxylic acids is 1. The van der Waals surface area contributed by atoms with Gasteiger partial charge in [0.25, 0.3) is 0 Å². The lowest BCUT2D eigenvalue weighted by atomic mass is 10.0. The van der Waals surface area contributed by atoms with Gasteiger partial charge in [-0.1, -0.05) is 12.1 Å². The number of hydrogen-bond acceptors (Lipinski definition) is 7. The van der Waals surface area contributed by atoms with E-state index in [-0.39, 0.29) is 24.5 Å². The van der Waals surface area contributed by atoms with Crippen LogP contribution in [0.15, 0.2) is 24.3 Å². The van der Waals surface area contributed by atoms with Crippen LogP contribution in [0.3, 0.4) is 0 Å². The molecule has 1 aromatic carbocycles. The van der Waals surface area contributed by atoms with Gasteiger partial charge in [-0.25, -0.2) is 4.79 Å². The molecule has 164 valence electrons. The van der Waals surface area contributed by atoms with Crippen molar-refractivity contribution in [3.8, 4) is 5.75 Å². The Kier molecular flexibility index (Phi) is 8.48. The molecule has 0 spiro atoms. The molecule has 6 N–H and O–H groups in total. The number of aromatic hydroxyl groups is 1. The first-order valence-corrected chi connectivity index (χ1v) is 10.1. The highest BCUT2D eigenvalue weighted by Gasteiger charge is 2.35. The Hall–Kier alpha value is -2.79. The average molecular weight is 439 g/mol. The highest BCUT2D eigenvalue weighted by Crippen LogP contribution is 2.18. The zero-order valence-electron chi connectivity index (χ0n) is 16.3. The molecule has 1 aliphatic rings. The van der Waals surface area contributed by atoms with Crippen molar-refractivity contribution in [1.29, 1.82) is 0 Å². The molecular formula is C19H26N4O6S. The van der Waals surface area contributed by atoms with E-state index in [2.05, 4.69) is 23.3 Å². The zero-order chi connectivity index (χ0) is 22.3. The van der Waals surface area contributed by atoms with E-state index in [1.54, 1.807) is 12.1 Å². The predicted molar refractivity (Wildman–Crippen MR) is 111 cm³/mol. The molecule has 0 aromatic heterocycles. The van der Waals surface area contributed by atoms with Gasteiger partial charge in [0.05, 0.1) is 12.6 Å². The molecule has 10 nitrogen and oxygen atoms in total. The van der Waals surface area contributed by atoms with Gasteiger partial charge < -0.3 is 31.5 Å². The number of phenolic OH excluding ortho intramolecular Hbond substituents is 1. The van der Waals surface area contributed by atoms with Crippen molar-refractivity contribution < 1.29 is 29.4 Å². The van der Waals surface area contributed by atoms with Crippen LogP contribution in [0.25, 0.3) is 0 Å². The number of phenols is 1. The minimum absolute atomic E-state index is 0.0275. The molecule has 1 fully saturated rings. The van der Waals surface area contributed by atoms with Crippen molar-refractivity contribution in [2.24, 2.45) is 5.73 Å². The molecule has 1 saturated heterocycles. The molecule has 11 heteroatoms. The lowest BCUT2D eigenvalue weighted by Gasteiger charge is -2.26. The average Bonchev–Trinajstić information content (AvgIpc) is 3.22. The number of nitrogens with two attached hydrogens (primary N) is 1. The quantitative estimate of drug-likeness (QED) is 0.266. The summed E-state index contributed by atoms with van der Waals surface area (Å²) < 4.78 is 0. The number of carboxylic acids is 1. The fraction of sp³-hybridized carbons (Fsp3) is 0.474. The van der Waals surface area contributed by atoms with Crippen LogP contribution in [-0.4, -0.2) is 75.8 Å². The van der Waals surface area contributed by atoms with E-state index in [0.29, 0.717) is 24.9 Å². The highest BCUT2D eigenvalue weighted by atomic mass is 32.1. The Morgan fingerprint density at radius 1 is 1.23 bits per heavy atom. The van der Waals surface area contributed by atoms with Crippen molar-refractivity contribution in [1.82, 2.24) is 15.5 Å². The van der Waals surface area contributed by atoms with Crippen molar-refractivity contribution in [3.05, 3.63) is 29.8 Å². The summed E-state index contributed by atoms with van der Waals surface area (Å²) in [5.74, 6) is -2.55. The number of carbonyl (C=O) groups is 4. The Morgan fingerprint density at radius 2 is 1.90 bits per heavy atom. The number of likely N-dealkylation sites (tertiary alicyclic amines) is 1. The van der Waals surface area contributed by atoms with Crippen molar-refractivity contribution >= 4 is 36.3 Å². The number of nitrogens with one attached hydrogen (secondary N) is 2. The number of thiol groups is 1. The molecule has 1 aliphatic heterocycles. The molecule has 0 radical (unpaired) electrons. The first-order chi connectivity index (χ1) is 14.2. The van der Waals surface area contributed by atoms with E-state index in [1.165, 1.54) is 17.0 Å². The van der Waals surface area contributed by atoms with Crippen molar-refractivity contribution in [2.45, 2.75) is 37.4 Å². The number of hydrogen-bond donors (Lipinski definition) is 6. The summed E-state index contributed by atoms with van der Waals surface area (Å²) in [6.07, 6.45) is 1.01. The lowest BCUT2D eigenvalue weighted by molar-refractivity contribution is -0.144. The second-order valence-corrected chi connectivity index (χ2v) is 7.39.